The van der Waals surface area contributed by atoms with Crippen molar-refractivity contribution >= 4 is 21.6 Å². The van der Waals surface area contributed by atoms with Gasteiger partial charge in [0.25, 0.3) is 0 Å². The average Bonchev–Trinajstić information content (AvgIpc) is 2.38. The van der Waals surface area contributed by atoms with Gasteiger partial charge in [0.15, 0.2) is 0 Å². The third-order valence-corrected chi connectivity index (χ3v) is 3.63. The fourth-order valence-electron chi connectivity index (χ4n) is 1.91. The van der Waals surface area contributed by atoms with Gasteiger partial charge in [-0.3, -0.25) is 0 Å². The Morgan fingerprint density at radius 2 is 1.83 bits per heavy atom. The zero-order chi connectivity index (χ0) is 13.2. The molecule has 0 saturated carbocycles. The van der Waals surface area contributed by atoms with Crippen molar-refractivity contribution in [2.75, 3.05) is 19.0 Å². The molecular formula is C15H24BrNO. The second kappa shape index (κ2) is 9.26. The van der Waals surface area contributed by atoms with E-state index in [1.165, 1.54) is 38.5 Å². The molecule has 1 rings (SSSR count). The van der Waals surface area contributed by atoms with Crippen LogP contribution in [0.5, 0.6) is 5.75 Å². The second-order valence-corrected chi connectivity index (χ2v) is 5.40. The van der Waals surface area contributed by atoms with Crippen LogP contribution in [-0.2, 0) is 0 Å². The van der Waals surface area contributed by atoms with Gasteiger partial charge in [0.1, 0.15) is 5.75 Å². The highest BCUT2D eigenvalue weighted by Gasteiger charge is 2.00. The molecular weight excluding hydrogens is 290 g/mol. The van der Waals surface area contributed by atoms with Crippen LogP contribution in [0.25, 0.3) is 0 Å². The summed E-state index contributed by atoms with van der Waals surface area (Å²) in [6.07, 6.45) is 8.00. The van der Waals surface area contributed by atoms with E-state index in [-0.39, 0.29) is 0 Å². The monoisotopic (exact) mass is 313 g/mol. The molecule has 1 N–H and O–H groups in total. The quantitative estimate of drug-likeness (QED) is 0.630. The topological polar surface area (TPSA) is 21.3 Å². The third-order valence-electron chi connectivity index (χ3n) is 3.01. The Morgan fingerprint density at radius 3 is 2.50 bits per heavy atom. The number of methoxy groups -OCH3 is 1. The van der Waals surface area contributed by atoms with Gasteiger partial charge < -0.3 is 10.1 Å². The van der Waals surface area contributed by atoms with Crippen LogP contribution < -0.4 is 10.1 Å². The molecule has 0 atom stereocenters. The average molecular weight is 314 g/mol. The minimum Gasteiger partial charge on any atom is -0.496 e. The van der Waals surface area contributed by atoms with Crippen LogP contribution in [0, 0.1) is 0 Å². The van der Waals surface area contributed by atoms with Crippen LogP contribution >= 0.6 is 15.9 Å². The Hall–Kier alpha value is -0.700. The maximum atomic E-state index is 5.21. The Labute approximate surface area is 119 Å². The molecule has 0 radical (unpaired) electrons. The number of anilines is 1. The normalized spacial score (nSPS) is 10.4. The number of hydrogen-bond donors (Lipinski definition) is 1. The minimum atomic E-state index is 0.875. The van der Waals surface area contributed by atoms with Crippen LogP contribution in [0.3, 0.4) is 0 Å². The third kappa shape index (κ3) is 5.76. The molecule has 0 aliphatic heterocycles. The molecule has 0 aliphatic carbocycles. The summed E-state index contributed by atoms with van der Waals surface area (Å²) in [5.74, 6) is 0.875. The Bertz CT molecular complexity index is 341. The van der Waals surface area contributed by atoms with E-state index in [0.29, 0.717) is 0 Å². The summed E-state index contributed by atoms with van der Waals surface area (Å²) in [5.41, 5.74) is 1.15. The van der Waals surface area contributed by atoms with E-state index < -0.39 is 0 Å². The Balaban J connectivity index is 2.17. The summed E-state index contributed by atoms with van der Waals surface area (Å²) >= 11 is 3.49. The SMILES string of the molecule is CCCCCCCCNc1ccc(OC)c(Br)c1. The van der Waals surface area contributed by atoms with Gasteiger partial charge in [0, 0.05) is 12.2 Å². The second-order valence-electron chi connectivity index (χ2n) is 4.54. The van der Waals surface area contributed by atoms with Crippen molar-refractivity contribution in [1.82, 2.24) is 0 Å². The van der Waals surface area contributed by atoms with Crippen LogP contribution in [0.1, 0.15) is 45.4 Å². The van der Waals surface area contributed by atoms with Crippen molar-refractivity contribution in [3.63, 3.8) is 0 Å². The largest absolute Gasteiger partial charge is 0.496 e. The van der Waals surface area contributed by atoms with Gasteiger partial charge in [-0.25, -0.2) is 0 Å². The van der Waals surface area contributed by atoms with E-state index >= 15 is 0 Å². The predicted molar refractivity (Wildman–Crippen MR) is 82.6 cm³/mol. The molecule has 1 aromatic carbocycles. The minimum absolute atomic E-state index is 0.875. The molecule has 0 fully saturated rings. The van der Waals surface area contributed by atoms with Crippen LogP contribution in [0.2, 0.25) is 0 Å². The molecule has 3 heteroatoms. The highest BCUT2D eigenvalue weighted by molar-refractivity contribution is 9.10. The van der Waals surface area contributed by atoms with Gasteiger partial charge in [0.2, 0.25) is 0 Å². The van der Waals surface area contributed by atoms with E-state index in [1.54, 1.807) is 7.11 Å². The molecule has 102 valence electrons. The molecule has 0 bridgehead atoms. The maximum absolute atomic E-state index is 5.21. The lowest BCUT2D eigenvalue weighted by Gasteiger charge is -2.09. The van der Waals surface area contributed by atoms with Crippen molar-refractivity contribution in [3.8, 4) is 5.75 Å². The first-order valence-corrected chi connectivity index (χ1v) is 7.64. The van der Waals surface area contributed by atoms with Gasteiger partial charge >= 0.3 is 0 Å². The van der Waals surface area contributed by atoms with Crippen LogP contribution in [-0.4, -0.2) is 13.7 Å². The smallest absolute Gasteiger partial charge is 0.133 e. The van der Waals surface area contributed by atoms with Crippen LogP contribution in [0.4, 0.5) is 5.69 Å². The Morgan fingerprint density at radius 1 is 1.11 bits per heavy atom. The summed E-state index contributed by atoms with van der Waals surface area (Å²) in [7, 11) is 1.68. The van der Waals surface area contributed by atoms with E-state index in [1.807, 2.05) is 6.07 Å². The van der Waals surface area contributed by atoms with E-state index in [2.05, 4.69) is 40.3 Å². The zero-order valence-electron chi connectivity index (χ0n) is 11.5. The fraction of sp³-hybridized carbons (Fsp3) is 0.600. The zero-order valence-corrected chi connectivity index (χ0v) is 13.1. The van der Waals surface area contributed by atoms with E-state index in [4.69, 9.17) is 4.74 Å². The van der Waals surface area contributed by atoms with Crippen molar-refractivity contribution < 1.29 is 4.74 Å². The highest BCUT2D eigenvalue weighted by Crippen LogP contribution is 2.27. The summed E-state index contributed by atoms with van der Waals surface area (Å²) in [4.78, 5) is 0. The number of hydrogen-bond acceptors (Lipinski definition) is 2. The predicted octanol–water partition coefficient (Wildman–Crippen LogP) is 5.23. The number of benzene rings is 1. The molecule has 0 unspecified atom stereocenters. The lowest BCUT2D eigenvalue weighted by molar-refractivity contribution is 0.412. The maximum Gasteiger partial charge on any atom is 0.133 e. The molecule has 0 aliphatic rings. The van der Waals surface area contributed by atoms with E-state index in [0.717, 1.165) is 22.5 Å². The van der Waals surface area contributed by atoms with Gasteiger partial charge in [-0.15, -0.1) is 0 Å². The van der Waals surface area contributed by atoms with Crippen molar-refractivity contribution in [1.29, 1.82) is 0 Å². The summed E-state index contributed by atoms with van der Waals surface area (Å²) < 4.78 is 6.20. The molecule has 0 amide bonds. The number of unbranched alkanes of at least 4 members (excludes halogenated alkanes) is 5. The molecule has 1 aromatic rings. The van der Waals surface area contributed by atoms with Gasteiger partial charge in [-0.1, -0.05) is 39.0 Å². The van der Waals surface area contributed by atoms with Crippen molar-refractivity contribution in [2.24, 2.45) is 0 Å². The number of rotatable bonds is 9. The highest BCUT2D eigenvalue weighted by atomic mass is 79.9. The molecule has 0 saturated heterocycles. The first-order chi connectivity index (χ1) is 8.77. The fourth-order valence-corrected chi connectivity index (χ4v) is 2.46. The van der Waals surface area contributed by atoms with Crippen molar-refractivity contribution in [2.45, 2.75) is 45.4 Å². The number of nitrogens with one attached hydrogen (secondary N) is 1. The first kappa shape index (κ1) is 15.4. The summed E-state index contributed by atoms with van der Waals surface area (Å²) in [5, 5.41) is 3.44. The number of ether oxygens (including phenoxy) is 1. The molecule has 0 aromatic heterocycles. The lowest BCUT2D eigenvalue weighted by Crippen LogP contribution is -2.01. The molecule has 0 spiro atoms. The van der Waals surface area contributed by atoms with Gasteiger partial charge in [-0.2, -0.15) is 0 Å². The van der Waals surface area contributed by atoms with Crippen LogP contribution in [0.15, 0.2) is 22.7 Å². The van der Waals surface area contributed by atoms with Crippen molar-refractivity contribution in [3.05, 3.63) is 22.7 Å². The summed E-state index contributed by atoms with van der Waals surface area (Å²) in [6, 6.07) is 6.10. The summed E-state index contributed by atoms with van der Waals surface area (Å²) in [6.45, 7) is 3.30. The standard InChI is InChI=1S/C15H24BrNO/c1-3-4-5-6-7-8-11-17-13-9-10-15(18-2)14(16)12-13/h9-10,12,17H,3-8,11H2,1-2H3. The number of halogens is 1. The first-order valence-electron chi connectivity index (χ1n) is 6.85. The lowest BCUT2D eigenvalue weighted by atomic mass is 10.1. The Kier molecular flexibility index (Phi) is 7.90. The molecule has 2 nitrogen and oxygen atoms in total. The van der Waals surface area contributed by atoms with Gasteiger partial charge in [-0.05, 0) is 40.5 Å². The van der Waals surface area contributed by atoms with E-state index in [9.17, 15) is 0 Å². The molecule has 0 heterocycles. The van der Waals surface area contributed by atoms with Gasteiger partial charge in [0.05, 0.1) is 11.6 Å². The molecule has 18 heavy (non-hydrogen) atoms.